The molecule has 45 heavy (non-hydrogen) atoms. The number of thioether (sulfide) groups is 1. The summed E-state index contributed by atoms with van der Waals surface area (Å²) in [5.74, 6) is -2.52. The van der Waals surface area contributed by atoms with E-state index >= 15 is 0 Å². The van der Waals surface area contributed by atoms with E-state index in [0.717, 1.165) is 5.56 Å². The molecule has 14 nitrogen and oxygen atoms in total. The van der Waals surface area contributed by atoms with Crippen LogP contribution < -0.4 is 21.3 Å². The maximum Gasteiger partial charge on any atom is 0.294 e. The SMILES string of the molecule is CSCC[C@@H]1NC(=O)[C@H](C(C)C)NC(=O)CN(C(=O)c2nc3ncccn3n2)C[C@@H](Cc2ccccc2)NC(=O)[C@H](C)NC1=O. The minimum absolute atomic E-state index is 0.0918. The molecule has 2 aromatic heterocycles. The lowest BCUT2D eigenvalue weighted by Gasteiger charge is -2.29. The zero-order valence-corrected chi connectivity index (χ0v) is 26.5. The molecule has 4 N–H and O–H groups in total. The van der Waals surface area contributed by atoms with Crippen LogP contribution in [0.4, 0.5) is 0 Å². The number of carbonyl (C=O) groups excluding carboxylic acids is 5. The largest absolute Gasteiger partial charge is 0.349 e. The maximum atomic E-state index is 13.8. The van der Waals surface area contributed by atoms with Crippen LogP contribution in [0.2, 0.25) is 0 Å². The monoisotopic (exact) mass is 637 g/mol. The van der Waals surface area contributed by atoms with Crippen molar-refractivity contribution in [2.75, 3.05) is 25.1 Å². The number of benzene rings is 1. The minimum atomic E-state index is -0.987. The summed E-state index contributed by atoms with van der Waals surface area (Å²) < 4.78 is 1.35. The molecule has 4 atom stereocenters. The summed E-state index contributed by atoms with van der Waals surface area (Å²) in [6.07, 6.45) is 5.65. The summed E-state index contributed by atoms with van der Waals surface area (Å²) in [7, 11) is 0. The van der Waals surface area contributed by atoms with E-state index in [-0.39, 0.29) is 24.1 Å². The van der Waals surface area contributed by atoms with Crippen molar-refractivity contribution >= 4 is 47.1 Å². The Bertz CT molecular complexity index is 1480. The smallest absolute Gasteiger partial charge is 0.294 e. The molecule has 1 saturated heterocycles. The Morgan fingerprint density at radius 3 is 2.44 bits per heavy atom. The highest BCUT2D eigenvalue weighted by atomic mass is 32.2. The van der Waals surface area contributed by atoms with Gasteiger partial charge in [-0.1, -0.05) is 44.2 Å². The average Bonchev–Trinajstić information content (AvgIpc) is 3.45. The van der Waals surface area contributed by atoms with Gasteiger partial charge in [-0.05, 0) is 49.3 Å². The topological polar surface area (TPSA) is 180 Å². The van der Waals surface area contributed by atoms with E-state index in [1.165, 1.54) is 27.4 Å². The Kier molecular flexibility index (Phi) is 11.5. The summed E-state index contributed by atoms with van der Waals surface area (Å²) in [6.45, 7) is 4.56. The van der Waals surface area contributed by atoms with Crippen molar-refractivity contribution in [3.8, 4) is 0 Å². The van der Waals surface area contributed by atoms with Crippen molar-refractivity contribution < 1.29 is 24.0 Å². The highest BCUT2D eigenvalue weighted by molar-refractivity contribution is 7.98. The van der Waals surface area contributed by atoms with E-state index in [2.05, 4.69) is 36.3 Å². The fraction of sp³-hybridized carbons (Fsp3) is 0.467. The fourth-order valence-electron chi connectivity index (χ4n) is 4.91. The molecule has 0 unspecified atom stereocenters. The van der Waals surface area contributed by atoms with Crippen LogP contribution in [0.3, 0.4) is 0 Å². The first-order chi connectivity index (χ1) is 21.5. The molecule has 240 valence electrons. The van der Waals surface area contributed by atoms with Crippen LogP contribution in [-0.2, 0) is 25.6 Å². The number of hydrogen-bond donors (Lipinski definition) is 4. The first kappa shape index (κ1) is 33.4. The van der Waals surface area contributed by atoms with E-state index in [1.807, 2.05) is 36.6 Å². The molecule has 0 radical (unpaired) electrons. The number of carbonyl (C=O) groups is 5. The number of fused-ring (bicyclic) bond motifs is 1. The number of aromatic nitrogens is 4. The second-order valence-corrected chi connectivity index (χ2v) is 12.2. The number of hydrogen-bond acceptors (Lipinski definition) is 9. The third-order valence-electron chi connectivity index (χ3n) is 7.30. The molecule has 5 amide bonds. The molecular formula is C30H39N9O5S. The van der Waals surface area contributed by atoms with E-state index in [4.69, 9.17) is 0 Å². The van der Waals surface area contributed by atoms with Crippen molar-refractivity contribution in [2.24, 2.45) is 5.92 Å². The highest BCUT2D eigenvalue weighted by Gasteiger charge is 2.33. The normalized spacial score (nSPS) is 22.2. The van der Waals surface area contributed by atoms with Gasteiger partial charge in [0.15, 0.2) is 0 Å². The van der Waals surface area contributed by atoms with E-state index in [9.17, 15) is 24.0 Å². The molecule has 1 fully saturated rings. The fourth-order valence-corrected chi connectivity index (χ4v) is 5.38. The lowest BCUT2D eigenvalue weighted by molar-refractivity contribution is -0.134. The van der Waals surface area contributed by atoms with Crippen LogP contribution in [0.1, 0.15) is 43.4 Å². The van der Waals surface area contributed by atoms with Crippen LogP contribution in [0.25, 0.3) is 5.78 Å². The van der Waals surface area contributed by atoms with Gasteiger partial charge in [-0.15, -0.1) is 5.10 Å². The van der Waals surface area contributed by atoms with E-state index < -0.39 is 60.2 Å². The quantitative estimate of drug-likeness (QED) is 0.281. The Hall–Kier alpha value is -4.53. The van der Waals surface area contributed by atoms with Crippen molar-refractivity contribution in [1.82, 2.24) is 45.7 Å². The predicted octanol–water partition coefficient (Wildman–Crippen LogP) is 0.191. The standard InChI is InChI=1S/C30H39N9O5S/c1-18(2)24-28(43)34-22(11-14-45-4)27(42)32-19(3)26(41)33-21(15-20-9-6-5-7-10-20)16-38(17-23(40)35-24)29(44)25-36-30-31-12-8-13-39(30)37-25/h5-10,12-13,18-19,21-22,24H,11,14-17H2,1-4H3,(H,32,42)(H,33,41)(H,34,43)(H,35,40)/t19-,21+,22-,24-/m0/s1. The summed E-state index contributed by atoms with van der Waals surface area (Å²) >= 11 is 1.52. The lowest BCUT2D eigenvalue weighted by atomic mass is 10.0. The first-order valence-electron chi connectivity index (χ1n) is 14.8. The Morgan fingerprint density at radius 1 is 1.00 bits per heavy atom. The van der Waals surface area contributed by atoms with Gasteiger partial charge >= 0.3 is 0 Å². The lowest BCUT2D eigenvalue weighted by Crippen LogP contribution is -2.57. The van der Waals surface area contributed by atoms with Gasteiger partial charge in [-0.25, -0.2) is 9.50 Å². The first-order valence-corrected chi connectivity index (χ1v) is 16.1. The molecule has 3 heterocycles. The zero-order chi connectivity index (χ0) is 32.5. The van der Waals surface area contributed by atoms with Gasteiger partial charge in [0, 0.05) is 18.9 Å². The summed E-state index contributed by atoms with van der Waals surface area (Å²) in [5.41, 5.74) is 0.885. The van der Waals surface area contributed by atoms with Gasteiger partial charge in [-0.3, -0.25) is 24.0 Å². The summed E-state index contributed by atoms with van der Waals surface area (Å²) in [6, 6.07) is 7.49. The van der Waals surface area contributed by atoms with Gasteiger partial charge in [0.25, 0.3) is 11.7 Å². The number of nitrogens with zero attached hydrogens (tertiary/aromatic N) is 5. The van der Waals surface area contributed by atoms with Gasteiger partial charge in [0.2, 0.25) is 29.5 Å². The molecule has 4 rings (SSSR count). The molecule has 1 aromatic carbocycles. The molecular weight excluding hydrogens is 598 g/mol. The summed E-state index contributed by atoms with van der Waals surface area (Å²) in [5, 5.41) is 15.4. The molecule has 0 saturated carbocycles. The van der Waals surface area contributed by atoms with Crippen LogP contribution in [0.5, 0.6) is 0 Å². The molecule has 0 spiro atoms. The second kappa shape index (κ2) is 15.5. The van der Waals surface area contributed by atoms with E-state index in [0.29, 0.717) is 18.6 Å². The average molecular weight is 638 g/mol. The molecule has 0 aliphatic carbocycles. The van der Waals surface area contributed by atoms with Crippen LogP contribution in [0.15, 0.2) is 48.8 Å². The Balaban J connectivity index is 1.71. The van der Waals surface area contributed by atoms with Crippen LogP contribution >= 0.6 is 11.8 Å². The number of nitrogens with one attached hydrogen (secondary N) is 4. The van der Waals surface area contributed by atoms with E-state index in [1.54, 1.807) is 33.0 Å². The Morgan fingerprint density at radius 2 is 1.76 bits per heavy atom. The molecule has 1 aliphatic rings. The molecule has 15 heteroatoms. The minimum Gasteiger partial charge on any atom is -0.349 e. The van der Waals surface area contributed by atoms with Gasteiger partial charge in [0.05, 0.1) is 6.04 Å². The van der Waals surface area contributed by atoms with Crippen molar-refractivity contribution in [2.45, 2.75) is 57.8 Å². The highest BCUT2D eigenvalue weighted by Crippen LogP contribution is 2.11. The van der Waals surface area contributed by atoms with Crippen molar-refractivity contribution in [3.05, 3.63) is 60.2 Å². The second-order valence-electron chi connectivity index (χ2n) is 11.2. The Labute approximate surface area is 265 Å². The number of amides is 5. The van der Waals surface area contributed by atoms with Crippen LogP contribution in [-0.4, -0.2) is 103 Å². The van der Waals surface area contributed by atoms with Crippen molar-refractivity contribution in [1.29, 1.82) is 0 Å². The molecule has 1 aliphatic heterocycles. The van der Waals surface area contributed by atoms with Gasteiger partial charge in [0.1, 0.15) is 24.7 Å². The molecule has 3 aromatic rings. The van der Waals surface area contributed by atoms with Gasteiger partial charge < -0.3 is 26.2 Å². The third-order valence-corrected chi connectivity index (χ3v) is 7.95. The number of rotatable bonds is 7. The zero-order valence-electron chi connectivity index (χ0n) is 25.7. The third kappa shape index (κ3) is 9.00. The maximum absolute atomic E-state index is 13.8. The van der Waals surface area contributed by atoms with Gasteiger partial charge in [-0.2, -0.15) is 16.7 Å². The van der Waals surface area contributed by atoms with Crippen LogP contribution in [0, 0.1) is 5.92 Å². The summed E-state index contributed by atoms with van der Waals surface area (Å²) in [4.78, 5) is 77.0. The molecule has 0 bridgehead atoms. The predicted molar refractivity (Wildman–Crippen MR) is 168 cm³/mol. The van der Waals surface area contributed by atoms with Crippen molar-refractivity contribution in [3.63, 3.8) is 0 Å².